The number of aryl methyl sites for hydroxylation is 1. The minimum atomic E-state index is -0.452. The summed E-state index contributed by atoms with van der Waals surface area (Å²) in [5.74, 6) is -0.0182. The summed E-state index contributed by atoms with van der Waals surface area (Å²) in [6.45, 7) is 6.16. The Kier molecular flexibility index (Phi) is 3.82. The van der Waals surface area contributed by atoms with Crippen molar-refractivity contribution in [3.63, 3.8) is 0 Å². The predicted molar refractivity (Wildman–Crippen MR) is 61.6 cm³/mol. The standard InChI is InChI=1S/C10H17N3OS/c1-7-8(15-6-13-7)5-12-9(14)4-10(2,3)11/h6H,4-5,11H2,1-3H3,(H,12,14). The second-order valence-electron chi connectivity index (χ2n) is 4.30. The van der Waals surface area contributed by atoms with Crippen molar-refractivity contribution in [2.45, 2.75) is 39.3 Å². The van der Waals surface area contributed by atoms with Crippen LogP contribution in [0.2, 0.25) is 0 Å². The van der Waals surface area contributed by atoms with Crippen molar-refractivity contribution in [2.75, 3.05) is 0 Å². The van der Waals surface area contributed by atoms with Gasteiger partial charge in [0.15, 0.2) is 0 Å². The summed E-state index contributed by atoms with van der Waals surface area (Å²) in [5, 5.41) is 2.83. The molecule has 0 spiro atoms. The molecule has 84 valence electrons. The van der Waals surface area contributed by atoms with Gasteiger partial charge in [0.25, 0.3) is 0 Å². The van der Waals surface area contributed by atoms with Crippen molar-refractivity contribution >= 4 is 17.2 Å². The van der Waals surface area contributed by atoms with Crippen molar-refractivity contribution in [3.05, 3.63) is 16.1 Å². The van der Waals surface area contributed by atoms with Gasteiger partial charge >= 0.3 is 0 Å². The van der Waals surface area contributed by atoms with Gasteiger partial charge in [0.1, 0.15) is 0 Å². The average molecular weight is 227 g/mol. The van der Waals surface area contributed by atoms with Crippen LogP contribution in [0.4, 0.5) is 0 Å². The molecule has 0 saturated carbocycles. The quantitative estimate of drug-likeness (QED) is 0.812. The van der Waals surface area contributed by atoms with E-state index >= 15 is 0 Å². The maximum Gasteiger partial charge on any atom is 0.222 e. The lowest BCUT2D eigenvalue weighted by molar-refractivity contribution is -0.122. The Morgan fingerprint density at radius 3 is 2.80 bits per heavy atom. The van der Waals surface area contributed by atoms with Gasteiger partial charge in [0, 0.05) is 16.8 Å². The Morgan fingerprint density at radius 2 is 2.33 bits per heavy atom. The van der Waals surface area contributed by atoms with E-state index < -0.39 is 5.54 Å². The fraction of sp³-hybridized carbons (Fsp3) is 0.600. The molecule has 0 radical (unpaired) electrons. The summed E-state index contributed by atoms with van der Waals surface area (Å²) >= 11 is 1.55. The molecule has 1 heterocycles. The molecule has 1 aromatic heterocycles. The zero-order valence-electron chi connectivity index (χ0n) is 9.33. The first-order valence-corrected chi connectivity index (χ1v) is 5.71. The summed E-state index contributed by atoms with van der Waals surface area (Å²) in [4.78, 5) is 16.7. The highest BCUT2D eigenvalue weighted by Crippen LogP contribution is 2.11. The van der Waals surface area contributed by atoms with Crippen LogP contribution in [0.5, 0.6) is 0 Å². The number of nitrogens with one attached hydrogen (secondary N) is 1. The lowest BCUT2D eigenvalue weighted by Crippen LogP contribution is -2.38. The number of carbonyl (C=O) groups is 1. The highest BCUT2D eigenvalue weighted by Gasteiger charge is 2.16. The van der Waals surface area contributed by atoms with Crippen molar-refractivity contribution < 1.29 is 4.79 Å². The van der Waals surface area contributed by atoms with Crippen LogP contribution < -0.4 is 11.1 Å². The summed E-state index contributed by atoms with van der Waals surface area (Å²) in [6.07, 6.45) is 0.338. The van der Waals surface area contributed by atoms with Crippen molar-refractivity contribution in [2.24, 2.45) is 5.73 Å². The molecule has 0 aliphatic heterocycles. The van der Waals surface area contributed by atoms with Crippen LogP contribution in [-0.2, 0) is 11.3 Å². The topological polar surface area (TPSA) is 68.0 Å². The smallest absolute Gasteiger partial charge is 0.222 e. The molecule has 0 aromatic carbocycles. The summed E-state index contributed by atoms with van der Waals surface area (Å²) in [7, 11) is 0. The van der Waals surface area contributed by atoms with Crippen LogP contribution in [0.25, 0.3) is 0 Å². The van der Waals surface area contributed by atoms with E-state index in [1.807, 2.05) is 20.8 Å². The Labute approximate surface area is 93.9 Å². The van der Waals surface area contributed by atoms with Gasteiger partial charge in [-0.1, -0.05) is 0 Å². The second-order valence-corrected chi connectivity index (χ2v) is 5.24. The third-order valence-electron chi connectivity index (χ3n) is 1.91. The molecular formula is C10H17N3OS. The zero-order valence-corrected chi connectivity index (χ0v) is 10.1. The Morgan fingerprint density at radius 1 is 1.67 bits per heavy atom. The minimum absolute atomic E-state index is 0.0182. The fourth-order valence-corrected chi connectivity index (χ4v) is 1.87. The molecule has 0 bridgehead atoms. The van der Waals surface area contributed by atoms with Crippen LogP contribution in [0.3, 0.4) is 0 Å². The summed E-state index contributed by atoms with van der Waals surface area (Å²) in [5.41, 5.74) is 8.05. The van der Waals surface area contributed by atoms with E-state index in [-0.39, 0.29) is 5.91 Å². The fourth-order valence-electron chi connectivity index (χ4n) is 1.15. The number of rotatable bonds is 4. The van der Waals surface area contributed by atoms with E-state index in [1.54, 1.807) is 16.8 Å². The molecule has 15 heavy (non-hydrogen) atoms. The Hall–Kier alpha value is -0.940. The van der Waals surface area contributed by atoms with Crippen LogP contribution in [0.1, 0.15) is 30.8 Å². The number of hydrogen-bond donors (Lipinski definition) is 2. The van der Waals surface area contributed by atoms with Gasteiger partial charge in [-0.15, -0.1) is 11.3 Å². The van der Waals surface area contributed by atoms with Crippen LogP contribution >= 0.6 is 11.3 Å². The van der Waals surface area contributed by atoms with Crippen molar-refractivity contribution in [3.8, 4) is 0 Å². The van der Waals surface area contributed by atoms with E-state index in [9.17, 15) is 4.79 Å². The third-order valence-corrected chi connectivity index (χ3v) is 2.84. The maximum atomic E-state index is 11.5. The normalized spacial score (nSPS) is 11.5. The van der Waals surface area contributed by atoms with E-state index in [0.717, 1.165) is 10.6 Å². The number of carbonyl (C=O) groups excluding carboxylic acids is 1. The van der Waals surface area contributed by atoms with Gasteiger partial charge in [-0.2, -0.15) is 0 Å². The molecule has 0 atom stereocenters. The zero-order chi connectivity index (χ0) is 11.5. The molecule has 0 aliphatic rings. The average Bonchev–Trinajstić information content (AvgIpc) is 2.44. The second kappa shape index (κ2) is 4.72. The molecule has 0 fully saturated rings. The summed E-state index contributed by atoms with van der Waals surface area (Å²) in [6, 6.07) is 0. The van der Waals surface area contributed by atoms with Gasteiger partial charge < -0.3 is 11.1 Å². The van der Waals surface area contributed by atoms with Crippen LogP contribution in [0, 0.1) is 6.92 Å². The maximum absolute atomic E-state index is 11.5. The molecule has 0 aliphatic carbocycles. The summed E-state index contributed by atoms with van der Waals surface area (Å²) < 4.78 is 0. The van der Waals surface area contributed by atoms with Gasteiger partial charge in [-0.25, -0.2) is 4.98 Å². The number of nitrogens with zero attached hydrogens (tertiary/aromatic N) is 1. The number of amides is 1. The molecule has 4 nitrogen and oxygen atoms in total. The SMILES string of the molecule is Cc1ncsc1CNC(=O)CC(C)(C)N. The minimum Gasteiger partial charge on any atom is -0.351 e. The predicted octanol–water partition coefficient (Wildman–Crippen LogP) is 1.20. The molecule has 5 heteroatoms. The molecule has 1 aromatic rings. The van der Waals surface area contributed by atoms with Gasteiger partial charge in [-0.3, -0.25) is 4.79 Å². The molecule has 0 saturated heterocycles. The largest absolute Gasteiger partial charge is 0.351 e. The Bertz CT molecular complexity index is 341. The molecule has 1 amide bonds. The number of hydrogen-bond acceptors (Lipinski definition) is 4. The molecule has 1 rings (SSSR count). The van der Waals surface area contributed by atoms with E-state index in [0.29, 0.717) is 13.0 Å². The molecule has 0 unspecified atom stereocenters. The molecular weight excluding hydrogens is 210 g/mol. The van der Waals surface area contributed by atoms with Crippen molar-refractivity contribution in [1.29, 1.82) is 0 Å². The highest BCUT2D eigenvalue weighted by molar-refractivity contribution is 7.09. The van der Waals surface area contributed by atoms with Crippen molar-refractivity contribution in [1.82, 2.24) is 10.3 Å². The van der Waals surface area contributed by atoms with Gasteiger partial charge in [0.05, 0.1) is 17.7 Å². The van der Waals surface area contributed by atoms with E-state index in [1.165, 1.54) is 0 Å². The van der Waals surface area contributed by atoms with Crippen LogP contribution in [-0.4, -0.2) is 16.4 Å². The highest BCUT2D eigenvalue weighted by atomic mass is 32.1. The first kappa shape index (κ1) is 12.1. The Balaban J connectivity index is 2.38. The number of thiazole rings is 1. The van der Waals surface area contributed by atoms with E-state index in [2.05, 4.69) is 10.3 Å². The van der Waals surface area contributed by atoms with Gasteiger partial charge in [-0.05, 0) is 20.8 Å². The number of nitrogens with two attached hydrogens (primary N) is 1. The third kappa shape index (κ3) is 4.40. The first-order valence-electron chi connectivity index (χ1n) is 4.83. The monoisotopic (exact) mass is 227 g/mol. The van der Waals surface area contributed by atoms with Gasteiger partial charge in [0.2, 0.25) is 5.91 Å². The lowest BCUT2D eigenvalue weighted by Gasteiger charge is -2.17. The van der Waals surface area contributed by atoms with E-state index in [4.69, 9.17) is 5.73 Å². The van der Waals surface area contributed by atoms with Crippen LogP contribution in [0.15, 0.2) is 5.51 Å². The first-order chi connectivity index (χ1) is 6.88. The number of aromatic nitrogens is 1. The molecule has 3 N–H and O–H groups in total. The lowest BCUT2D eigenvalue weighted by atomic mass is 10.0.